The van der Waals surface area contributed by atoms with Crippen LogP contribution in [0, 0.1) is 10.1 Å². The fourth-order valence-electron chi connectivity index (χ4n) is 2.53. The maximum Gasteiger partial charge on any atom is 0.273 e. The Labute approximate surface area is 140 Å². The first-order valence-corrected chi connectivity index (χ1v) is 9.91. The number of ether oxygens (including phenoxy) is 1. The van der Waals surface area contributed by atoms with Crippen molar-refractivity contribution in [3.63, 3.8) is 0 Å². The highest BCUT2D eigenvalue weighted by molar-refractivity contribution is 8.00. The molecule has 1 fully saturated rings. The van der Waals surface area contributed by atoms with Crippen LogP contribution in [-0.4, -0.2) is 38.0 Å². The van der Waals surface area contributed by atoms with Crippen LogP contribution in [0.5, 0.6) is 5.75 Å². The van der Waals surface area contributed by atoms with Crippen molar-refractivity contribution >= 4 is 27.5 Å². The quantitative estimate of drug-likeness (QED) is 0.434. The maximum atomic E-state index is 12.3. The summed E-state index contributed by atoms with van der Waals surface area (Å²) in [5.41, 5.74) is -0.211. The molecule has 1 aliphatic rings. The third-order valence-corrected chi connectivity index (χ3v) is 6.58. The van der Waals surface area contributed by atoms with E-state index in [1.807, 2.05) is 0 Å². The van der Waals surface area contributed by atoms with Crippen LogP contribution in [0.15, 0.2) is 23.1 Å². The van der Waals surface area contributed by atoms with Crippen LogP contribution in [0.25, 0.3) is 0 Å². The van der Waals surface area contributed by atoms with Gasteiger partial charge in [0.05, 0.1) is 18.1 Å². The van der Waals surface area contributed by atoms with Crippen LogP contribution < -0.4 is 9.46 Å². The third-order valence-electron chi connectivity index (χ3n) is 3.70. The molecule has 9 heteroatoms. The normalized spacial score (nSPS) is 15.7. The molecule has 0 aromatic heterocycles. The molecule has 1 aliphatic carbocycles. The summed E-state index contributed by atoms with van der Waals surface area (Å²) in [7, 11) is -2.47. The third kappa shape index (κ3) is 4.82. The summed E-state index contributed by atoms with van der Waals surface area (Å²) < 4.78 is 32.1. The van der Waals surface area contributed by atoms with Crippen LogP contribution in [-0.2, 0) is 10.0 Å². The van der Waals surface area contributed by atoms with Crippen LogP contribution >= 0.6 is 11.8 Å². The lowest BCUT2D eigenvalue weighted by Crippen LogP contribution is -2.26. The number of nitrogens with zero attached hydrogens (tertiary/aromatic N) is 1. The van der Waals surface area contributed by atoms with Gasteiger partial charge in [-0.15, -0.1) is 0 Å². The number of rotatable bonds is 8. The number of non-ortho nitro benzene ring substituents is 1. The summed E-state index contributed by atoms with van der Waals surface area (Å²) in [6.45, 7) is 0.323. The van der Waals surface area contributed by atoms with E-state index >= 15 is 0 Å². The average molecular weight is 360 g/mol. The molecule has 0 bridgehead atoms. The largest absolute Gasteiger partial charge is 0.495 e. The van der Waals surface area contributed by atoms with Crippen molar-refractivity contribution in [1.82, 2.24) is 4.72 Å². The van der Waals surface area contributed by atoms with Crippen molar-refractivity contribution in [2.24, 2.45) is 0 Å². The van der Waals surface area contributed by atoms with Crippen molar-refractivity contribution in [3.05, 3.63) is 28.3 Å². The molecule has 0 spiro atoms. The van der Waals surface area contributed by atoms with E-state index < -0.39 is 14.9 Å². The number of hydrogen-bond donors (Lipinski definition) is 1. The van der Waals surface area contributed by atoms with E-state index in [4.69, 9.17) is 4.74 Å². The molecule has 23 heavy (non-hydrogen) atoms. The molecule has 1 aromatic carbocycles. The SMILES string of the molecule is COc1cc([N+](=O)[O-])ccc1S(=O)(=O)NCCSC1CCCC1. The number of nitro benzene ring substituents is 1. The molecule has 0 saturated heterocycles. The summed E-state index contributed by atoms with van der Waals surface area (Å²) >= 11 is 1.79. The van der Waals surface area contributed by atoms with Gasteiger partial charge in [-0.25, -0.2) is 13.1 Å². The van der Waals surface area contributed by atoms with Gasteiger partial charge < -0.3 is 4.74 Å². The fraction of sp³-hybridized carbons (Fsp3) is 0.571. The minimum atomic E-state index is -3.75. The zero-order chi connectivity index (χ0) is 16.9. The van der Waals surface area contributed by atoms with Gasteiger partial charge in [-0.3, -0.25) is 10.1 Å². The molecular weight excluding hydrogens is 340 g/mol. The van der Waals surface area contributed by atoms with E-state index in [9.17, 15) is 18.5 Å². The lowest BCUT2D eigenvalue weighted by Gasteiger charge is -2.12. The Bertz CT molecular complexity index is 657. The van der Waals surface area contributed by atoms with Crippen molar-refractivity contribution in [2.75, 3.05) is 19.4 Å². The van der Waals surface area contributed by atoms with Crippen molar-refractivity contribution < 1.29 is 18.1 Å². The van der Waals surface area contributed by atoms with Gasteiger partial charge in [0.2, 0.25) is 10.0 Å². The molecule has 1 aromatic rings. The lowest BCUT2D eigenvalue weighted by molar-refractivity contribution is -0.385. The predicted octanol–water partition coefficient (Wildman–Crippen LogP) is 2.56. The van der Waals surface area contributed by atoms with E-state index in [1.165, 1.54) is 38.9 Å². The van der Waals surface area contributed by atoms with Crippen molar-refractivity contribution in [2.45, 2.75) is 35.8 Å². The number of sulfonamides is 1. The lowest BCUT2D eigenvalue weighted by atomic mass is 10.3. The summed E-state index contributed by atoms with van der Waals surface area (Å²) in [6.07, 6.45) is 4.91. The average Bonchev–Trinajstić information content (AvgIpc) is 3.04. The molecule has 0 atom stereocenters. The second kappa shape index (κ2) is 7.98. The number of benzene rings is 1. The highest BCUT2D eigenvalue weighted by Gasteiger charge is 2.22. The first-order valence-electron chi connectivity index (χ1n) is 7.38. The first kappa shape index (κ1) is 18.0. The zero-order valence-electron chi connectivity index (χ0n) is 12.9. The predicted molar refractivity (Wildman–Crippen MR) is 89.6 cm³/mol. The topological polar surface area (TPSA) is 98.5 Å². The van der Waals surface area contributed by atoms with Gasteiger partial charge in [-0.05, 0) is 18.9 Å². The first-order chi connectivity index (χ1) is 10.9. The van der Waals surface area contributed by atoms with Gasteiger partial charge >= 0.3 is 0 Å². The van der Waals surface area contributed by atoms with Gasteiger partial charge in [0.25, 0.3) is 5.69 Å². The number of hydrogen-bond acceptors (Lipinski definition) is 6. The smallest absolute Gasteiger partial charge is 0.273 e. The summed E-state index contributed by atoms with van der Waals surface area (Å²) in [4.78, 5) is 10.1. The van der Waals surface area contributed by atoms with E-state index in [1.54, 1.807) is 11.8 Å². The van der Waals surface area contributed by atoms with E-state index in [-0.39, 0.29) is 16.3 Å². The Morgan fingerprint density at radius 2 is 2.09 bits per heavy atom. The Morgan fingerprint density at radius 3 is 2.70 bits per heavy atom. The molecule has 1 saturated carbocycles. The molecule has 0 heterocycles. The van der Waals surface area contributed by atoms with Gasteiger partial charge in [0.1, 0.15) is 10.6 Å². The molecule has 1 N–H and O–H groups in total. The van der Waals surface area contributed by atoms with Gasteiger partial charge in [-0.1, -0.05) is 12.8 Å². The molecule has 128 valence electrons. The number of methoxy groups -OCH3 is 1. The Hall–Kier alpha value is -1.32. The molecule has 7 nitrogen and oxygen atoms in total. The fourth-order valence-corrected chi connectivity index (χ4v) is 5.06. The number of nitro groups is 1. The van der Waals surface area contributed by atoms with Crippen LogP contribution in [0.4, 0.5) is 5.69 Å². The molecule has 2 rings (SSSR count). The highest BCUT2D eigenvalue weighted by atomic mass is 32.2. The second-order valence-electron chi connectivity index (χ2n) is 5.27. The van der Waals surface area contributed by atoms with Gasteiger partial charge in [-0.2, -0.15) is 11.8 Å². The van der Waals surface area contributed by atoms with Crippen LogP contribution in [0.3, 0.4) is 0 Å². The van der Waals surface area contributed by atoms with Crippen LogP contribution in [0.1, 0.15) is 25.7 Å². The van der Waals surface area contributed by atoms with E-state index in [2.05, 4.69) is 4.72 Å². The molecular formula is C14H20N2O5S2. The van der Waals surface area contributed by atoms with E-state index in [0.29, 0.717) is 17.5 Å². The highest BCUT2D eigenvalue weighted by Crippen LogP contribution is 2.30. The van der Waals surface area contributed by atoms with Gasteiger partial charge in [0.15, 0.2) is 0 Å². The zero-order valence-corrected chi connectivity index (χ0v) is 14.5. The summed E-state index contributed by atoms with van der Waals surface area (Å²) in [5.74, 6) is 0.675. The van der Waals surface area contributed by atoms with Crippen molar-refractivity contribution in [1.29, 1.82) is 0 Å². The summed E-state index contributed by atoms with van der Waals surface area (Å²) in [6, 6.07) is 3.47. The van der Waals surface area contributed by atoms with Gasteiger partial charge in [0, 0.05) is 23.6 Å². The minimum Gasteiger partial charge on any atom is -0.495 e. The van der Waals surface area contributed by atoms with E-state index in [0.717, 1.165) is 12.1 Å². The Kier molecular flexibility index (Phi) is 6.25. The summed E-state index contributed by atoms with van der Waals surface area (Å²) in [5, 5.41) is 11.4. The minimum absolute atomic E-state index is 0.0323. The molecule has 0 amide bonds. The number of thioether (sulfide) groups is 1. The maximum absolute atomic E-state index is 12.3. The molecule has 0 aliphatic heterocycles. The van der Waals surface area contributed by atoms with Crippen molar-refractivity contribution in [3.8, 4) is 5.75 Å². The Balaban J connectivity index is 1.99. The van der Waals surface area contributed by atoms with Crippen LogP contribution in [0.2, 0.25) is 0 Å². The molecule has 0 unspecified atom stereocenters. The standard InChI is InChI=1S/C14H20N2O5S2/c1-21-13-10-11(16(17)18)6-7-14(13)23(19,20)15-8-9-22-12-4-2-3-5-12/h6-7,10,12,15H,2-5,8-9H2,1H3. The monoisotopic (exact) mass is 360 g/mol. The Morgan fingerprint density at radius 1 is 1.39 bits per heavy atom. The molecule has 0 radical (unpaired) electrons. The number of nitrogens with one attached hydrogen (secondary N) is 1. The second-order valence-corrected chi connectivity index (χ2v) is 8.41.